The van der Waals surface area contributed by atoms with Crippen LogP contribution in [0.3, 0.4) is 0 Å². The zero-order chi connectivity index (χ0) is 18.8. The van der Waals surface area contributed by atoms with Gasteiger partial charge in [0.1, 0.15) is 5.82 Å². The average molecular weight is 360 g/mol. The number of pyridine rings is 1. The van der Waals surface area contributed by atoms with Gasteiger partial charge in [0.2, 0.25) is 0 Å². The first-order chi connectivity index (χ1) is 13.1. The Kier molecular flexibility index (Phi) is 4.77. The summed E-state index contributed by atoms with van der Waals surface area (Å²) in [7, 11) is 0. The lowest BCUT2D eigenvalue weighted by Gasteiger charge is -2.28. The zero-order valence-electron chi connectivity index (χ0n) is 15.6. The summed E-state index contributed by atoms with van der Waals surface area (Å²) in [6.45, 7) is 5.79. The first kappa shape index (κ1) is 17.5. The lowest BCUT2D eigenvalue weighted by atomic mass is 9.99. The number of nitrogens with one attached hydrogen (secondary N) is 3. The van der Waals surface area contributed by atoms with Crippen molar-refractivity contribution in [2.75, 3.05) is 18.4 Å². The molecular weight excluding hydrogens is 336 g/mol. The predicted octanol–water partition coefficient (Wildman–Crippen LogP) is 3.42. The molecule has 1 unspecified atom stereocenters. The number of nitrogens with zero attached hydrogens (tertiary/aromatic N) is 1. The number of fused-ring (bicyclic) bond motifs is 1. The molecule has 2 heterocycles. The second kappa shape index (κ2) is 7.37. The van der Waals surface area contributed by atoms with Crippen molar-refractivity contribution in [1.29, 1.82) is 0 Å². The third kappa shape index (κ3) is 3.64. The highest BCUT2D eigenvalue weighted by molar-refractivity contribution is 5.97. The van der Waals surface area contributed by atoms with Crippen LogP contribution in [-0.4, -0.2) is 30.0 Å². The maximum Gasteiger partial charge on any atom is 0.252 e. The Bertz CT molecular complexity index is 976. The van der Waals surface area contributed by atoms with E-state index in [-0.39, 0.29) is 11.9 Å². The molecule has 1 aliphatic rings. The van der Waals surface area contributed by atoms with Crippen LogP contribution in [0, 0.1) is 6.92 Å². The molecule has 27 heavy (non-hydrogen) atoms. The van der Waals surface area contributed by atoms with Gasteiger partial charge in [-0.2, -0.15) is 0 Å². The van der Waals surface area contributed by atoms with Gasteiger partial charge in [-0.25, -0.2) is 4.98 Å². The molecule has 1 fully saturated rings. The van der Waals surface area contributed by atoms with Crippen molar-refractivity contribution in [2.45, 2.75) is 25.9 Å². The molecule has 4 rings (SSSR count). The van der Waals surface area contributed by atoms with Crippen LogP contribution in [0.4, 0.5) is 5.82 Å². The van der Waals surface area contributed by atoms with Crippen molar-refractivity contribution in [3.05, 3.63) is 71.4 Å². The van der Waals surface area contributed by atoms with E-state index in [9.17, 15) is 4.79 Å². The molecule has 2 aromatic carbocycles. The summed E-state index contributed by atoms with van der Waals surface area (Å²) in [4.78, 5) is 17.3. The van der Waals surface area contributed by atoms with Crippen LogP contribution < -0.4 is 16.0 Å². The van der Waals surface area contributed by atoms with E-state index in [4.69, 9.17) is 0 Å². The summed E-state index contributed by atoms with van der Waals surface area (Å²) >= 11 is 0. The first-order valence-electron chi connectivity index (χ1n) is 9.34. The minimum Gasteiger partial charge on any atom is -0.365 e. The van der Waals surface area contributed by atoms with Crippen molar-refractivity contribution < 1.29 is 4.79 Å². The maximum atomic E-state index is 12.9. The van der Waals surface area contributed by atoms with Gasteiger partial charge in [0.05, 0.1) is 12.1 Å². The van der Waals surface area contributed by atoms with Gasteiger partial charge in [-0.1, -0.05) is 42.5 Å². The van der Waals surface area contributed by atoms with Gasteiger partial charge in [-0.15, -0.1) is 0 Å². The number of aryl methyl sites for hydroxylation is 1. The summed E-state index contributed by atoms with van der Waals surface area (Å²) in [5.74, 6) is 0.667. The fourth-order valence-corrected chi connectivity index (χ4v) is 3.43. The van der Waals surface area contributed by atoms with Gasteiger partial charge >= 0.3 is 0 Å². The molecular formula is C22H24N4O. The highest BCUT2D eigenvalue weighted by atomic mass is 16.1. The van der Waals surface area contributed by atoms with Crippen LogP contribution in [0.5, 0.6) is 0 Å². The molecule has 0 radical (unpaired) electrons. The predicted molar refractivity (Wildman–Crippen MR) is 109 cm³/mol. The molecule has 0 spiro atoms. The normalized spacial score (nSPS) is 15.2. The Hall–Kier alpha value is -2.92. The lowest BCUT2D eigenvalue weighted by molar-refractivity contribution is 0.0939. The zero-order valence-corrected chi connectivity index (χ0v) is 15.6. The molecule has 5 heteroatoms. The Labute approximate surface area is 159 Å². The van der Waals surface area contributed by atoms with Gasteiger partial charge in [-0.3, -0.25) is 4.79 Å². The number of hydrogen-bond acceptors (Lipinski definition) is 4. The quantitative estimate of drug-likeness (QED) is 0.652. The van der Waals surface area contributed by atoms with E-state index in [0.717, 1.165) is 30.0 Å². The fraction of sp³-hybridized carbons (Fsp3) is 0.273. The molecule has 1 atom stereocenters. The van der Waals surface area contributed by atoms with Gasteiger partial charge in [0.15, 0.2) is 0 Å². The molecule has 1 aromatic heterocycles. The smallest absolute Gasteiger partial charge is 0.252 e. The molecule has 1 saturated heterocycles. The van der Waals surface area contributed by atoms with Crippen LogP contribution in [0.1, 0.15) is 34.5 Å². The number of rotatable bonds is 5. The van der Waals surface area contributed by atoms with E-state index in [1.165, 1.54) is 10.8 Å². The molecule has 1 amide bonds. The summed E-state index contributed by atoms with van der Waals surface area (Å²) in [6.07, 6.45) is 1.76. The molecule has 1 aliphatic heterocycles. The summed E-state index contributed by atoms with van der Waals surface area (Å²) in [5, 5.41) is 12.1. The van der Waals surface area contributed by atoms with Gasteiger partial charge in [-0.05, 0) is 41.8 Å². The Morgan fingerprint density at radius 3 is 2.74 bits per heavy atom. The van der Waals surface area contributed by atoms with Crippen molar-refractivity contribution in [3.63, 3.8) is 0 Å². The van der Waals surface area contributed by atoms with Gasteiger partial charge in [0, 0.05) is 24.8 Å². The Morgan fingerprint density at radius 1 is 1.19 bits per heavy atom. The van der Waals surface area contributed by atoms with Crippen LogP contribution in [0.15, 0.2) is 54.7 Å². The van der Waals surface area contributed by atoms with Crippen molar-refractivity contribution in [2.24, 2.45) is 0 Å². The van der Waals surface area contributed by atoms with Crippen LogP contribution in [-0.2, 0) is 0 Å². The Morgan fingerprint density at radius 2 is 1.96 bits per heavy atom. The molecule has 0 saturated carbocycles. The number of carbonyl (C=O) groups excluding carboxylic acids is 1. The summed E-state index contributed by atoms with van der Waals surface area (Å²) < 4.78 is 0. The van der Waals surface area contributed by atoms with E-state index < -0.39 is 0 Å². The second-order valence-corrected chi connectivity index (χ2v) is 7.15. The third-order valence-corrected chi connectivity index (χ3v) is 5.12. The lowest BCUT2D eigenvalue weighted by Crippen LogP contribution is -2.51. The highest BCUT2D eigenvalue weighted by Crippen LogP contribution is 2.24. The van der Waals surface area contributed by atoms with E-state index in [1.54, 1.807) is 6.20 Å². The van der Waals surface area contributed by atoms with E-state index in [2.05, 4.69) is 45.2 Å². The standard InChI is InChI=1S/C22H24N4O/c1-14-11-24-21(26-17-12-23-13-17)10-20(14)22(27)25-15(2)18-9-5-7-16-6-3-4-8-19(16)18/h3-11,15,17,23H,12-13H2,1-2H3,(H,24,26)(H,25,27). The van der Waals surface area contributed by atoms with E-state index in [1.807, 2.05) is 38.1 Å². The maximum absolute atomic E-state index is 12.9. The van der Waals surface area contributed by atoms with E-state index >= 15 is 0 Å². The topological polar surface area (TPSA) is 66.0 Å². The summed E-state index contributed by atoms with van der Waals surface area (Å²) in [5.41, 5.74) is 2.65. The third-order valence-electron chi connectivity index (χ3n) is 5.12. The first-order valence-corrected chi connectivity index (χ1v) is 9.34. The number of aromatic nitrogens is 1. The molecule has 0 bridgehead atoms. The van der Waals surface area contributed by atoms with Crippen LogP contribution >= 0.6 is 0 Å². The summed E-state index contributed by atoms with van der Waals surface area (Å²) in [6, 6.07) is 16.6. The van der Waals surface area contributed by atoms with Crippen molar-refractivity contribution in [1.82, 2.24) is 15.6 Å². The Balaban J connectivity index is 1.55. The molecule has 0 aliphatic carbocycles. The second-order valence-electron chi connectivity index (χ2n) is 7.15. The monoisotopic (exact) mass is 360 g/mol. The van der Waals surface area contributed by atoms with Crippen molar-refractivity contribution in [3.8, 4) is 0 Å². The number of anilines is 1. The minimum absolute atomic E-state index is 0.0786. The highest BCUT2D eigenvalue weighted by Gasteiger charge is 2.19. The van der Waals surface area contributed by atoms with Gasteiger partial charge in [0.25, 0.3) is 5.91 Å². The van der Waals surface area contributed by atoms with E-state index in [0.29, 0.717) is 11.6 Å². The molecule has 3 N–H and O–H groups in total. The van der Waals surface area contributed by atoms with Crippen LogP contribution in [0.25, 0.3) is 10.8 Å². The van der Waals surface area contributed by atoms with Gasteiger partial charge < -0.3 is 16.0 Å². The minimum atomic E-state index is -0.0941. The van der Waals surface area contributed by atoms with Crippen LogP contribution in [0.2, 0.25) is 0 Å². The number of hydrogen-bond donors (Lipinski definition) is 3. The largest absolute Gasteiger partial charge is 0.365 e. The molecule has 5 nitrogen and oxygen atoms in total. The molecule has 138 valence electrons. The number of benzene rings is 2. The van der Waals surface area contributed by atoms with Crippen molar-refractivity contribution >= 4 is 22.5 Å². The fourth-order valence-electron chi connectivity index (χ4n) is 3.43. The number of carbonyl (C=O) groups is 1. The molecule has 3 aromatic rings. The average Bonchev–Trinajstić information content (AvgIpc) is 2.65. The SMILES string of the molecule is Cc1cnc(NC2CNC2)cc1C(=O)NC(C)c1cccc2ccccc12. The number of amides is 1.